The average molecular weight is 218 g/mol. The smallest absolute Gasteiger partial charge is 0.183 e. The topological polar surface area (TPSA) is 3.88 Å². The maximum Gasteiger partial charge on any atom is 0.183 e. The van der Waals surface area contributed by atoms with Gasteiger partial charge in [-0.25, -0.2) is 0 Å². The van der Waals surface area contributed by atoms with E-state index in [2.05, 4.69) is 37.1 Å². The van der Waals surface area contributed by atoms with Crippen LogP contribution in [-0.2, 0) is 6.54 Å². The lowest BCUT2D eigenvalue weighted by Crippen LogP contribution is -3.00. The molecule has 0 amide bonds. The van der Waals surface area contributed by atoms with Crippen molar-refractivity contribution >= 4 is 11.6 Å². The van der Waals surface area contributed by atoms with Crippen LogP contribution in [0.15, 0.2) is 29.9 Å². The quantitative estimate of drug-likeness (QED) is 0.581. The average Bonchev–Trinajstić information content (AvgIpc) is 1.94. The summed E-state index contributed by atoms with van der Waals surface area (Å²) in [5.74, 6) is 0. The Bertz CT molecular complexity index is 308. The van der Waals surface area contributed by atoms with Gasteiger partial charge in [-0.3, -0.25) is 0 Å². The van der Waals surface area contributed by atoms with Gasteiger partial charge in [-0.2, -0.15) is 4.57 Å². The number of aryl methyl sites for hydroxylation is 2. The van der Waals surface area contributed by atoms with Crippen LogP contribution >= 0.6 is 11.6 Å². The van der Waals surface area contributed by atoms with Gasteiger partial charge in [-0.1, -0.05) is 18.2 Å². The van der Waals surface area contributed by atoms with Crippen molar-refractivity contribution in [2.24, 2.45) is 0 Å². The van der Waals surface area contributed by atoms with Crippen LogP contribution in [0.5, 0.6) is 0 Å². The van der Waals surface area contributed by atoms with Crippen molar-refractivity contribution in [3.05, 3.63) is 41.2 Å². The molecule has 1 aromatic rings. The predicted octanol–water partition coefficient (Wildman–Crippen LogP) is -0.653. The number of hydrogen-bond donors (Lipinski definition) is 0. The number of halogens is 2. The summed E-state index contributed by atoms with van der Waals surface area (Å²) in [5.41, 5.74) is 2.47. The lowest BCUT2D eigenvalue weighted by Gasteiger charge is -1.99. The number of hydrogen-bond acceptors (Lipinski definition) is 0. The maximum absolute atomic E-state index is 5.71. The van der Waals surface area contributed by atoms with E-state index in [-0.39, 0.29) is 12.4 Å². The van der Waals surface area contributed by atoms with Crippen molar-refractivity contribution < 1.29 is 17.0 Å². The van der Waals surface area contributed by atoms with Crippen LogP contribution in [-0.4, -0.2) is 0 Å². The summed E-state index contributed by atoms with van der Waals surface area (Å²) < 4.78 is 2.07. The van der Waals surface area contributed by atoms with Crippen molar-refractivity contribution in [2.75, 3.05) is 0 Å². The molecule has 1 rings (SSSR count). The second-order valence-corrected chi connectivity index (χ2v) is 3.53. The highest BCUT2D eigenvalue weighted by Crippen LogP contribution is 2.00. The lowest BCUT2D eigenvalue weighted by molar-refractivity contribution is -0.693. The molecule has 0 saturated carbocycles. The molecule has 72 valence electrons. The number of aromatic nitrogens is 1. The summed E-state index contributed by atoms with van der Waals surface area (Å²) >= 11 is 5.71. The van der Waals surface area contributed by atoms with Crippen molar-refractivity contribution in [3.8, 4) is 0 Å². The maximum atomic E-state index is 5.71. The van der Waals surface area contributed by atoms with Gasteiger partial charge in [0.25, 0.3) is 0 Å². The predicted molar refractivity (Wildman–Crippen MR) is 51.1 cm³/mol. The molecule has 1 aromatic heterocycles. The molecular formula is C10H13Cl2N. The van der Waals surface area contributed by atoms with Crippen LogP contribution in [0.3, 0.4) is 0 Å². The number of pyridine rings is 1. The zero-order valence-corrected chi connectivity index (χ0v) is 9.36. The van der Waals surface area contributed by atoms with Gasteiger partial charge in [0.1, 0.15) is 0 Å². The molecule has 0 aliphatic heterocycles. The van der Waals surface area contributed by atoms with Crippen LogP contribution < -0.4 is 17.0 Å². The van der Waals surface area contributed by atoms with Crippen LogP contribution in [0.2, 0.25) is 0 Å². The summed E-state index contributed by atoms with van der Waals surface area (Å²) in [6, 6.07) is 4.19. The van der Waals surface area contributed by atoms with Crippen molar-refractivity contribution in [2.45, 2.75) is 20.4 Å². The van der Waals surface area contributed by atoms with Gasteiger partial charge in [0, 0.05) is 19.1 Å². The monoisotopic (exact) mass is 217 g/mol. The molecule has 0 aromatic carbocycles. The van der Waals surface area contributed by atoms with E-state index in [1.165, 1.54) is 11.3 Å². The van der Waals surface area contributed by atoms with Gasteiger partial charge in [-0.15, -0.1) is 0 Å². The molecule has 0 radical (unpaired) electrons. The molecule has 0 aliphatic carbocycles. The van der Waals surface area contributed by atoms with Crippen molar-refractivity contribution in [3.63, 3.8) is 0 Å². The molecule has 0 N–H and O–H groups in total. The first-order valence-electron chi connectivity index (χ1n) is 3.89. The summed E-state index contributed by atoms with van der Waals surface area (Å²) in [7, 11) is 0. The van der Waals surface area contributed by atoms with Crippen molar-refractivity contribution in [1.82, 2.24) is 0 Å². The first kappa shape index (κ1) is 12.5. The molecule has 1 heterocycles. The summed E-state index contributed by atoms with van der Waals surface area (Å²) in [6.07, 6.45) is 2.03. The number of rotatable bonds is 2. The number of nitrogens with zero attached hydrogens (tertiary/aromatic N) is 1. The molecule has 0 aliphatic rings. The highest BCUT2D eigenvalue weighted by molar-refractivity contribution is 6.29. The van der Waals surface area contributed by atoms with E-state index >= 15 is 0 Å². The van der Waals surface area contributed by atoms with Crippen LogP contribution in [0.1, 0.15) is 11.3 Å². The normalized spacial score (nSPS) is 9.15. The Morgan fingerprint density at radius 2 is 2.15 bits per heavy atom. The Labute approximate surface area is 90.5 Å². The van der Waals surface area contributed by atoms with E-state index in [9.17, 15) is 0 Å². The van der Waals surface area contributed by atoms with E-state index in [1.54, 1.807) is 0 Å². The zero-order chi connectivity index (χ0) is 9.14. The molecule has 0 spiro atoms. The summed E-state index contributed by atoms with van der Waals surface area (Å²) in [4.78, 5) is 0. The van der Waals surface area contributed by atoms with Crippen LogP contribution in [0.4, 0.5) is 0 Å². The Kier molecular flexibility index (Phi) is 5.04. The highest BCUT2D eigenvalue weighted by atomic mass is 35.5. The van der Waals surface area contributed by atoms with Crippen molar-refractivity contribution in [1.29, 1.82) is 0 Å². The Balaban J connectivity index is 0.00000144. The molecule has 0 fully saturated rings. The fourth-order valence-electron chi connectivity index (χ4n) is 1.15. The minimum atomic E-state index is 0. The largest absolute Gasteiger partial charge is 1.00 e. The third kappa shape index (κ3) is 3.79. The van der Waals surface area contributed by atoms with E-state index < -0.39 is 0 Å². The molecule has 3 heteroatoms. The van der Waals surface area contributed by atoms with E-state index in [0.717, 1.165) is 0 Å². The fraction of sp³-hybridized carbons (Fsp3) is 0.300. The first-order valence-corrected chi connectivity index (χ1v) is 4.27. The SMILES string of the molecule is C=C(Cl)C[n+]1ccc(C)cc1C.[Cl-]. The second kappa shape index (κ2) is 5.25. The van der Waals surface area contributed by atoms with Crippen LogP contribution in [0, 0.1) is 13.8 Å². The molecule has 0 unspecified atom stereocenters. The third-order valence-corrected chi connectivity index (χ3v) is 1.87. The second-order valence-electron chi connectivity index (χ2n) is 2.99. The van der Waals surface area contributed by atoms with Gasteiger partial charge in [-0.05, 0) is 12.5 Å². The minimum absolute atomic E-state index is 0. The fourth-order valence-corrected chi connectivity index (χ4v) is 1.28. The minimum Gasteiger partial charge on any atom is -1.00 e. The zero-order valence-electron chi connectivity index (χ0n) is 7.85. The van der Waals surface area contributed by atoms with E-state index in [1.807, 2.05) is 6.20 Å². The first-order chi connectivity index (χ1) is 5.59. The molecule has 0 atom stereocenters. The standard InChI is InChI=1S/C10H13ClN.ClH/c1-8-4-5-12(7-9(2)11)10(3)6-8;/h4-6H,2,7H2,1,3H3;1H/q+1;/p-1. The van der Waals surface area contributed by atoms with Crippen LogP contribution in [0.25, 0.3) is 0 Å². The highest BCUT2D eigenvalue weighted by Gasteiger charge is 2.05. The third-order valence-electron chi connectivity index (χ3n) is 1.75. The lowest BCUT2D eigenvalue weighted by atomic mass is 10.2. The summed E-state index contributed by atoms with van der Waals surface area (Å²) in [6.45, 7) is 8.49. The Morgan fingerprint density at radius 1 is 1.54 bits per heavy atom. The van der Waals surface area contributed by atoms with Gasteiger partial charge in [0.05, 0.1) is 5.03 Å². The van der Waals surface area contributed by atoms with Gasteiger partial charge in [0.15, 0.2) is 18.4 Å². The molecule has 0 bridgehead atoms. The molecule has 0 saturated heterocycles. The van der Waals surface area contributed by atoms with E-state index in [0.29, 0.717) is 11.6 Å². The molecule has 1 nitrogen and oxygen atoms in total. The Hall–Kier alpha value is -0.530. The van der Waals surface area contributed by atoms with E-state index in [4.69, 9.17) is 11.6 Å². The molecule has 13 heavy (non-hydrogen) atoms. The van der Waals surface area contributed by atoms with Gasteiger partial charge in [0.2, 0.25) is 0 Å². The number of allylic oxidation sites excluding steroid dienone is 1. The Morgan fingerprint density at radius 3 is 2.62 bits per heavy atom. The summed E-state index contributed by atoms with van der Waals surface area (Å²) in [5, 5.41) is 0.659. The van der Waals surface area contributed by atoms with Gasteiger partial charge < -0.3 is 12.4 Å². The van der Waals surface area contributed by atoms with Gasteiger partial charge >= 0.3 is 0 Å². The molecular weight excluding hydrogens is 205 g/mol.